The van der Waals surface area contributed by atoms with Crippen molar-refractivity contribution in [2.24, 2.45) is 5.73 Å². The lowest BCUT2D eigenvalue weighted by molar-refractivity contribution is 0.665. The summed E-state index contributed by atoms with van der Waals surface area (Å²) in [6, 6.07) is 2.84. The third-order valence-electron chi connectivity index (χ3n) is 5.66. The van der Waals surface area contributed by atoms with E-state index in [9.17, 15) is 0 Å². The van der Waals surface area contributed by atoms with Gasteiger partial charge in [0.25, 0.3) is 0 Å². The lowest BCUT2D eigenvalue weighted by Crippen LogP contribution is -2.23. The van der Waals surface area contributed by atoms with Crippen LogP contribution in [0.15, 0.2) is 12.3 Å². The SMILES string of the molecule is N[C@@H]1CC[C@H](Nc2c3c(nc4ccnn24)C2(CC3)CC2)C1. The molecule has 2 aromatic rings. The van der Waals surface area contributed by atoms with Crippen LogP contribution in [0.25, 0.3) is 5.65 Å². The molecule has 5 heteroatoms. The van der Waals surface area contributed by atoms with E-state index in [-0.39, 0.29) is 0 Å². The van der Waals surface area contributed by atoms with Gasteiger partial charge in [-0.1, -0.05) is 0 Å². The van der Waals surface area contributed by atoms with Gasteiger partial charge in [0.1, 0.15) is 5.82 Å². The molecule has 5 rings (SSSR count). The van der Waals surface area contributed by atoms with Gasteiger partial charge >= 0.3 is 0 Å². The van der Waals surface area contributed by atoms with Crippen LogP contribution < -0.4 is 11.1 Å². The lowest BCUT2D eigenvalue weighted by atomic mass is 10.0. The molecule has 0 bridgehead atoms. The highest BCUT2D eigenvalue weighted by Gasteiger charge is 2.51. The maximum Gasteiger partial charge on any atom is 0.157 e. The zero-order valence-electron chi connectivity index (χ0n) is 12.2. The van der Waals surface area contributed by atoms with Crippen LogP contribution in [-0.4, -0.2) is 26.7 Å². The van der Waals surface area contributed by atoms with E-state index in [2.05, 4.69) is 10.4 Å². The van der Waals surface area contributed by atoms with Crippen LogP contribution in [0.5, 0.6) is 0 Å². The van der Waals surface area contributed by atoms with Gasteiger partial charge in [-0.15, -0.1) is 0 Å². The number of fused-ring (bicyclic) bond motifs is 3. The van der Waals surface area contributed by atoms with E-state index in [4.69, 9.17) is 10.7 Å². The molecule has 0 saturated heterocycles. The maximum atomic E-state index is 6.06. The smallest absolute Gasteiger partial charge is 0.157 e. The van der Waals surface area contributed by atoms with Crippen molar-refractivity contribution in [3.8, 4) is 0 Å². The largest absolute Gasteiger partial charge is 0.367 e. The van der Waals surface area contributed by atoms with Gasteiger partial charge in [-0.05, 0) is 44.9 Å². The van der Waals surface area contributed by atoms with E-state index < -0.39 is 0 Å². The van der Waals surface area contributed by atoms with Gasteiger partial charge in [0.15, 0.2) is 5.65 Å². The fraction of sp³-hybridized carbons (Fsp3) is 0.625. The Hall–Kier alpha value is -1.62. The number of aromatic nitrogens is 3. The molecule has 2 saturated carbocycles. The molecule has 2 aromatic heterocycles. The molecule has 0 radical (unpaired) electrons. The van der Waals surface area contributed by atoms with Crippen molar-refractivity contribution < 1.29 is 0 Å². The van der Waals surface area contributed by atoms with Crippen molar-refractivity contribution in [3.05, 3.63) is 23.5 Å². The van der Waals surface area contributed by atoms with Crippen molar-refractivity contribution in [1.29, 1.82) is 0 Å². The van der Waals surface area contributed by atoms with Crippen molar-refractivity contribution in [1.82, 2.24) is 14.6 Å². The highest BCUT2D eigenvalue weighted by Crippen LogP contribution is 2.57. The van der Waals surface area contributed by atoms with E-state index in [1.54, 1.807) is 0 Å². The molecule has 0 unspecified atom stereocenters. The molecule has 21 heavy (non-hydrogen) atoms. The minimum atomic E-state index is 0.347. The minimum Gasteiger partial charge on any atom is -0.367 e. The Balaban J connectivity index is 1.62. The Morgan fingerprint density at radius 3 is 2.95 bits per heavy atom. The third kappa shape index (κ3) is 1.67. The monoisotopic (exact) mass is 283 g/mol. The summed E-state index contributed by atoms with van der Waals surface area (Å²) in [5.74, 6) is 1.18. The van der Waals surface area contributed by atoms with Crippen LogP contribution in [0.2, 0.25) is 0 Å². The van der Waals surface area contributed by atoms with E-state index >= 15 is 0 Å². The summed E-state index contributed by atoms with van der Waals surface area (Å²) in [4.78, 5) is 4.92. The first-order valence-corrected chi connectivity index (χ1v) is 8.14. The number of hydrogen-bond donors (Lipinski definition) is 2. The van der Waals surface area contributed by atoms with Crippen LogP contribution in [0, 0.1) is 0 Å². The fourth-order valence-electron chi connectivity index (χ4n) is 4.26. The first kappa shape index (κ1) is 12.0. The Kier molecular flexibility index (Phi) is 2.27. The average Bonchev–Trinajstić information content (AvgIpc) is 2.82. The average molecular weight is 283 g/mol. The Morgan fingerprint density at radius 1 is 1.29 bits per heavy atom. The number of nitrogens with zero attached hydrogens (tertiary/aromatic N) is 3. The second kappa shape index (κ2) is 3.97. The number of rotatable bonds is 2. The van der Waals surface area contributed by atoms with Gasteiger partial charge in [0.05, 0.1) is 11.9 Å². The molecule has 0 aliphatic heterocycles. The lowest BCUT2D eigenvalue weighted by Gasteiger charge is -2.18. The van der Waals surface area contributed by atoms with Gasteiger partial charge in [0.2, 0.25) is 0 Å². The molecule has 0 amide bonds. The summed E-state index contributed by atoms with van der Waals surface area (Å²) in [6.45, 7) is 0. The van der Waals surface area contributed by atoms with Crippen LogP contribution in [0.4, 0.5) is 5.82 Å². The predicted octanol–water partition coefficient (Wildman–Crippen LogP) is 2.00. The van der Waals surface area contributed by atoms with Crippen molar-refractivity contribution in [2.45, 2.75) is 62.4 Å². The molecule has 2 heterocycles. The minimum absolute atomic E-state index is 0.347. The first-order chi connectivity index (χ1) is 10.3. The standard InChI is InChI=1S/C16H21N5/c17-10-1-2-11(9-10)19-15-12-3-5-16(6-7-16)14(12)20-13-4-8-18-21(13)15/h4,8,10-11,19H,1-3,5-7,9,17H2/t10-,11+/m1/s1. The summed E-state index contributed by atoms with van der Waals surface area (Å²) in [7, 11) is 0. The topological polar surface area (TPSA) is 68.2 Å². The van der Waals surface area contributed by atoms with E-state index in [0.29, 0.717) is 17.5 Å². The maximum absolute atomic E-state index is 6.06. The fourth-order valence-corrected chi connectivity index (χ4v) is 4.26. The third-order valence-corrected chi connectivity index (χ3v) is 5.66. The van der Waals surface area contributed by atoms with E-state index in [0.717, 1.165) is 31.3 Å². The zero-order chi connectivity index (χ0) is 14.0. The molecule has 2 fully saturated rings. The molecule has 3 N–H and O–H groups in total. The van der Waals surface area contributed by atoms with Gasteiger partial charge < -0.3 is 11.1 Å². The number of hydrogen-bond acceptors (Lipinski definition) is 4. The summed E-state index contributed by atoms with van der Waals surface area (Å²) < 4.78 is 1.99. The highest BCUT2D eigenvalue weighted by molar-refractivity contribution is 5.60. The molecule has 3 aliphatic carbocycles. The molecule has 110 valence electrons. The molecule has 0 aromatic carbocycles. The van der Waals surface area contributed by atoms with Gasteiger partial charge in [-0.3, -0.25) is 0 Å². The van der Waals surface area contributed by atoms with Crippen molar-refractivity contribution in [2.75, 3.05) is 5.32 Å². The Bertz CT molecular complexity index is 715. The zero-order valence-corrected chi connectivity index (χ0v) is 12.2. The molecular weight excluding hydrogens is 262 g/mol. The van der Waals surface area contributed by atoms with Crippen LogP contribution in [-0.2, 0) is 11.8 Å². The second-order valence-corrected chi connectivity index (χ2v) is 7.08. The number of nitrogens with two attached hydrogens (primary N) is 1. The van der Waals surface area contributed by atoms with Crippen LogP contribution >= 0.6 is 0 Å². The summed E-state index contributed by atoms with van der Waals surface area (Å²) in [5.41, 5.74) is 10.2. The first-order valence-electron chi connectivity index (χ1n) is 8.14. The Labute approximate surface area is 123 Å². The molecule has 1 spiro atoms. The van der Waals surface area contributed by atoms with E-state index in [1.807, 2.05) is 16.8 Å². The van der Waals surface area contributed by atoms with Crippen molar-refractivity contribution >= 4 is 11.5 Å². The van der Waals surface area contributed by atoms with Crippen molar-refractivity contribution in [3.63, 3.8) is 0 Å². The van der Waals surface area contributed by atoms with Crippen LogP contribution in [0.1, 0.15) is 49.8 Å². The molecular formula is C16H21N5. The van der Waals surface area contributed by atoms with E-state index in [1.165, 1.54) is 36.3 Å². The molecule has 3 aliphatic rings. The number of nitrogens with one attached hydrogen (secondary N) is 1. The van der Waals surface area contributed by atoms with Gasteiger partial charge in [0, 0.05) is 29.1 Å². The predicted molar refractivity (Wildman–Crippen MR) is 81.5 cm³/mol. The quantitative estimate of drug-likeness (QED) is 0.884. The normalized spacial score (nSPS) is 29.2. The summed E-state index contributed by atoms with van der Waals surface area (Å²) >= 11 is 0. The second-order valence-electron chi connectivity index (χ2n) is 7.08. The summed E-state index contributed by atoms with van der Waals surface area (Å²) in [5, 5.41) is 8.23. The van der Waals surface area contributed by atoms with Gasteiger partial charge in [-0.25, -0.2) is 4.98 Å². The van der Waals surface area contributed by atoms with Crippen LogP contribution in [0.3, 0.4) is 0 Å². The Morgan fingerprint density at radius 2 is 2.19 bits per heavy atom. The molecule has 2 atom stereocenters. The number of anilines is 1. The summed E-state index contributed by atoms with van der Waals surface area (Å²) in [6.07, 6.45) is 10.2. The molecule has 5 nitrogen and oxygen atoms in total. The van der Waals surface area contributed by atoms with Gasteiger partial charge in [-0.2, -0.15) is 9.61 Å². The highest BCUT2D eigenvalue weighted by atomic mass is 15.3.